The molecule has 0 bridgehead atoms. The molecular weight excluding hydrogens is 220 g/mol. The molecule has 1 N–H and O–H groups in total. The number of aliphatic hydroxyl groups is 1. The number of rotatable bonds is 1. The Morgan fingerprint density at radius 1 is 1.19 bits per heavy atom. The summed E-state index contributed by atoms with van der Waals surface area (Å²) in [5, 5.41) is 11.5. The minimum absolute atomic E-state index is 0.201. The van der Waals surface area contributed by atoms with Crippen LogP contribution in [0.1, 0.15) is 45.1 Å². The number of halogens is 1. The summed E-state index contributed by atoms with van der Waals surface area (Å²) in [6.07, 6.45) is 3.86. The first-order valence-electron chi connectivity index (χ1n) is 5.90. The molecule has 0 saturated heterocycles. The van der Waals surface area contributed by atoms with Gasteiger partial charge in [-0.2, -0.15) is 0 Å². The van der Waals surface area contributed by atoms with E-state index in [0.717, 1.165) is 24.8 Å². The Hall–Kier alpha value is -0.530. The van der Waals surface area contributed by atoms with E-state index in [1.165, 1.54) is 6.42 Å². The molecule has 2 rings (SSSR count). The molecule has 88 valence electrons. The SMILES string of the molecule is CC1(C)CCCC(O)(c2ccccc2Cl)C1. The van der Waals surface area contributed by atoms with Gasteiger partial charge in [0.2, 0.25) is 0 Å². The third kappa shape index (κ3) is 2.26. The number of hydrogen-bond donors (Lipinski definition) is 1. The first-order valence-corrected chi connectivity index (χ1v) is 6.28. The smallest absolute Gasteiger partial charge is 0.0916 e. The monoisotopic (exact) mass is 238 g/mol. The van der Waals surface area contributed by atoms with Gasteiger partial charge in [0.05, 0.1) is 5.60 Å². The molecule has 0 spiro atoms. The highest BCUT2D eigenvalue weighted by Gasteiger charge is 2.40. The van der Waals surface area contributed by atoms with Gasteiger partial charge in [-0.3, -0.25) is 0 Å². The molecule has 16 heavy (non-hydrogen) atoms. The topological polar surface area (TPSA) is 20.2 Å². The minimum atomic E-state index is -0.736. The van der Waals surface area contributed by atoms with Gasteiger partial charge in [-0.05, 0) is 37.2 Å². The maximum Gasteiger partial charge on any atom is 0.0916 e. The lowest BCUT2D eigenvalue weighted by Crippen LogP contribution is -2.36. The molecular formula is C14H19ClO. The summed E-state index contributed by atoms with van der Waals surface area (Å²) in [5.41, 5.74) is 0.358. The molecule has 1 unspecified atom stereocenters. The Morgan fingerprint density at radius 3 is 2.50 bits per heavy atom. The summed E-state index contributed by atoms with van der Waals surface area (Å²) in [4.78, 5) is 0. The maximum absolute atomic E-state index is 10.8. The molecule has 0 amide bonds. The Balaban J connectivity index is 2.35. The largest absolute Gasteiger partial charge is 0.385 e. The second kappa shape index (κ2) is 4.05. The van der Waals surface area contributed by atoms with Crippen LogP contribution in [0, 0.1) is 5.41 Å². The van der Waals surface area contributed by atoms with Crippen LogP contribution in [0.2, 0.25) is 5.02 Å². The summed E-state index contributed by atoms with van der Waals surface area (Å²) in [5.74, 6) is 0. The summed E-state index contributed by atoms with van der Waals surface area (Å²) >= 11 is 6.18. The molecule has 1 aliphatic carbocycles. The minimum Gasteiger partial charge on any atom is -0.385 e. The molecule has 0 heterocycles. The van der Waals surface area contributed by atoms with Crippen molar-refractivity contribution in [1.29, 1.82) is 0 Å². The predicted molar refractivity (Wildman–Crippen MR) is 67.6 cm³/mol. The first kappa shape index (κ1) is 11.9. The fraction of sp³-hybridized carbons (Fsp3) is 0.571. The van der Waals surface area contributed by atoms with Crippen LogP contribution in [0.3, 0.4) is 0 Å². The number of benzene rings is 1. The molecule has 1 fully saturated rings. The molecule has 1 atom stereocenters. The van der Waals surface area contributed by atoms with E-state index in [1.807, 2.05) is 24.3 Å². The van der Waals surface area contributed by atoms with Crippen molar-refractivity contribution >= 4 is 11.6 Å². The third-order valence-electron chi connectivity index (χ3n) is 3.59. The zero-order chi connectivity index (χ0) is 11.8. The number of hydrogen-bond acceptors (Lipinski definition) is 1. The predicted octanol–water partition coefficient (Wildman–Crippen LogP) is 4.13. The van der Waals surface area contributed by atoms with Crippen LogP contribution in [0.4, 0.5) is 0 Å². The summed E-state index contributed by atoms with van der Waals surface area (Å²) in [6, 6.07) is 7.66. The summed E-state index contributed by atoms with van der Waals surface area (Å²) in [7, 11) is 0. The van der Waals surface area contributed by atoms with Gasteiger partial charge in [0.1, 0.15) is 0 Å². The van der Waals surface area contributed by atoms with Gasteiger partial charge in [0.15, 0.2) is 0 Å². The fourth-order valence-electron chi connectivity index (χ4n) is 2.90. The summed E-state index contributed by atoms with van der Waals surface area (Å²) < 4.78 is 0. The second-order valence-corrected chi connectivity index (χ2v) is 6.11. The van der Waals surface area contributed by atoms with Gasteiger partial charge >= 0.3 is 0 Å². The van der Waals surface area contributed by atoms with Crippen LogP contribution in [-0.2, 0) is 5.60 Å². The van der Waals surface area contributed by atoms with Crippen molar-refractivity contribution in [3.8, 4) is 0 Å². The van der Waals surface area contributed by atoms with Crippen molar-refractivity contribution in [3.05, 3.63) is 34.9 Å². The zero-order valence-corrected chi connectivity index (χ0v) is 10.7. The lowest BCUT2D eigenvalue weighted by atomic mass is 9.67. The van der Waals surface area contributed by atoms with E-state index in [4.69, 9.17) is 11.6 Å². The Morgan fingerprint density at radius 2 is 1.88 bits per heavy atom. The van der Waals surface area contributed by atoms with E-state index >= 15 is 0 Å². The molecule has 1 saturated carbocycles. The summed E-state index contributed by atoms with van der Waals surface area (Å²) in [6.45, 7) is 4.43. The van der Waals surface area contributed by atoms with Gasteiger partial charge in [-0.15, -0.1) is 0 Å². The van der Waals surface area contributed by atoms with E-state index in [0.29, 0.717) is 5.02 Å². The van der Waals surface area contributed by atoms with Crippen LogP contribution in [-0.4, -0.2) is 5.11 Å². The van der Waals surface area contributed by atoms with Crippen LogP contribution in [0.5, 0.6) is 0 Å². The van der Waals surface area contributed by atoms with Gasteiger partial charge in [0, 0.05) is 10.6 Å². The Labute approximate surface area is 102 Å². The van der Waals surface area contributed by atoms with Crippen LogP contribution in [0.25, 0.3) is 0 Å². The quantitative estimate of drug-likeness (QED) is 0.780. The normalized spacial score (nSPS) is 29.0. The van der Waals surface area contributed by atoms with E-state index in [-0.39, 0.29) is 5.41 Å². The lowest BCUT2D eigenvalue weighted by molar-refractivity contribution is -0.0439. The Kier molecular flexibility index (Phi) is 3.02. The van der Waals surface area contributed by atoms with Crippen LogP contribution >= 0.6 is 11.6 Å². The van der Waals surface area contributed by atoms with Crippen molar-refractivity contribution in [1.82, 2.24) is 0 Å². The first-order chi connectivity index (χ1) is 7.43. The highest BCUT2D eigenvalue weighted by Crippen LogP contribution is 2.47. The molecule has 1 nitrogen and oxygen atoms in total. The molecule has 0 radical (unpaired) electrons. The second-order valence-electron chi connectivity index (χ2n) is 5.71. The molecule has 1 aromatic rings. The highest BCUT2D eigenvalue weighted by molar-refractivity contribution is 6.31. The van der Waals surface area contributed by atoms with E-state index < -0.39 is 5.60 Å². The van der Waals surface area contributed by atoms with E-state index in [1.54, 1.807) is 0 Å². The zero-order valence-electron chi connectivity index (χ0n) is 9.96. The highest BCUT2D eigenvalue weighted by atomic mass is 35.5. The standard InChI is InChI=1S/C14H19ClO/c1-13(2)8-5-9-14(16,10-13)11-6-3-4-7-12(11)15/h3-4,6-7,16H,5,8-10H2,1-2H3. The Bertz CT molecular complexity index is 386. The molecule has 2 heteroatoms. The average molecular weight is 239 g/mol. The fourth-order valence-corrected chi connectivity index (χ4v) is 3.21. The molecule has 0 aliphatic heterocycles. The van der Waals surface area contributed by atoms with E-state index in [9.17, 15) is 5.11 Å². The van der Waals surface area contributed by atoms with Crippen molar-refractivity contribution in [2.45, 2.75) is 45.1 Å². The van der Waals surface area contributed by atoms with E-state index in [2.05, 4.69) is 13.8 Å². The van der Waals surface area contributed by atoms with Crippen LogP contribution in [0.15, 0.2) is 24.3 Å². The third-order valence-corrected chi connectivity index (χ3v) is 3.92. The average Bonchev–Trinajstić information content (AvgIpc) is 2.16. The van der Waals surface area contributed by atoms with Gasteiger partial charge in [-0.25, -0.2) is 0 Å². The molecule has 1 aliphatic rings. The van der Waals surface area contributed by atoms with Crippen molar-refractivity contribution in [3.63, 3.8) is 0 Å². The van der Waals surface area contributed by atoms with Crippen molar-refractivity contribution < 1.29 is 5.11 Å². The van der Waals surface area contributed by atoms with Gasteiger partial charge in [0.25, 0.3) is 0 Å². The lowest BCUT2D eigenvalue weighted by Gasteiger charge is -2.42. The maximum atomic E-state index is 10.8. The molecule has 0 aromatic heterocycles. The van der Waals surface area contributed by atoms with Gasteiger partial charge in [-0.1, -0.05) is 43.6 Å². The van der Waals surface area contributed by atoms with Crippen LogP contribution < -0.4 is 0 Å². The van der Waals surface area contributed by atoms with Crippen molar-refractivity contribution in [2.75, 3.05) is 0 Å². The molecule has 1 aromatic carbocycles. The van der Waals surface area contributed by atoms with Crippen molar-refractivity contribution in [2.24, 2.45) is 5.41 Å². The van der Waals surface area contributed by atoms with Gasteiger partial charge < -0.3 is 5.11 Å².